The molecule has 0 aliphatic heterocycles. The van der Waals surface area contributed by atoms with Gasteiger partial charge in [-0.2, -0.15) is 0 Å². The van der Waals surface area contributed by atoms with E-state index in [1.54, 1.807) is 0 Å². The van der Waals surface area contributed by atoms with Crippen LogP contribution in [0.15, 0.2) is 0 Å². The number of carbonyl (C=O) groups is 3. The monoisotopic (exact) mass is 355 g/mol. The molecular weight excluding hydrogens is 322 g/mol. The molecule has 0 saturated heterocycles. The molecule has 4 atom stereocenters. The van der Waals surface area contributed by atoms with E-state index in [2.05, 4.69) is 12.2 Å². The van der Waals surface area contributed by atoms with Crippen LogP contribution in [-0.4, -0.2) is 36.1 Å². The van der Waals surface area contributed by atoms with Crippen molar-refractivity contribution in [2.24, 2.45) is 11.8 Å². The maximum absolute atomic E-state index is 11.8. The summed E-state index contributed by atoms with van der Waals surface area (Å²) in [5.41, 5.74) is -0.480. The highest BCUT2D eigenvalue weighted by Gasteiger charge is 2.48. The molecule has 0 aromatic carbocycles. The summed E-state index contributed by atoms with van der Waals surface area (Å²) in [5, 5.41) is 3.11. The van der Waals surface area contributed by atoms with E-state index in [9.17, 15) is 14.4 Å². The number of esters is 2. The summed E-state index contributed by atoms with van der Waals surface area (Å²) in [5.74, 6) is -0.664. The van der Waals surface area contributed by atoms with Crippen molar-refractivity contribution >= 4 is 17.8 Å². The summed E-state index contributed by atoms with van der Waals surface area (Å²) < 4.78 is 10.7. The predicted molar refractivity (Wildman–Crippen MR) is 94.8 cm³/mol. The average molecular weight is 355 g/mol. The second-order valence-corrected chi connectivity index (χ2v) is 7.36. The summed E-state index contributed by atoms with van der Waals surface area (Å²) in [4.78, 5) is 34.5. The standard InChI is InChI=1S/C19H33NO5/c1-6-7-8-9-16-10-18(25-15(4)23)11-17(12-24-14(3)22)19(16,5)20-13(2)21/h16-18H,6-12H2,1-5H3,(H,20,21)/t16-,17-,18+,19-/m0/s1. The van der Waals surface area contributed by atoms with Crippen molar-refractivity contribution < 1.29 is 23.9 Å². The van der Waals surface area contributed by atoms with Gasteiger partial charge in [0.2, 0.25) is 5.91 Å². The van der Waals surface area contributed by atoms with Gasteiger partial charge in [-0.25, -0.2) is 0 Å². The van der Waals surface area contributed by atoms with Crippen molar-refractivity contribution in [2.75, 3.05) is 6.61 Å². The first-order chi connectivity index (χ1) is 11.7. The normalized spacial score (nSPS) is 28.9. The van der Waals surface area contributed by atoms with E-state index in [1.807, 2.05) is 6.92 Å². The lowest BCUT2D eigenvalue weighted by Crippen LogP contribution is -2.61. The van der Waals surface area contributed by atoms with Crippen molar-refractivity contribution in [3.63, 3.8) is 0 Å². The van der Waals surface area contributed by atoms with Crippen molar-refractivity contribution in [3.05, 3.63) is 0 Å². The van der Waals surface area contributed by atoms with E-state index in [-0.39, 0.29) is 42.4 Å². The molecule has 1 aliphatic carbocycles. The van der Waals surface area contributed by atoms with Crippen molar-refractivity contribution in [1.29, 1.82) is 0 Å². The summed E-state index contributed by atoms with van der Waals surface area (Å²) in [6, 6.07) is 0. The number of amides is 1. The van der Waals surface area contributed by atoms with Crippen LogP contribution < -0.4 is 5.32 Å². The van der Waals surface area contributed by atoms with Gasteiger partial charge in [0.25, 0.3) is 0 Å². The Hall–Kier alpha value is -1.59. The van der Waals surface area contributed by atoms with Gasteiger partial charge in [0.15, 0.2) is 0 Å². The molecule has 1 saturated carbocycles. The molecule has 1 amide bonds. The molecule has 0 unspecified atom stereocenters. The van der Waals surface area contributed by atoms with E-state index < -0.39 is 5.54 Å². The number of unbranched alkanes of at least 4 members (excludes halogenated alkanes) is 2. The third-order valence-corrected chi connectivity index (χ3v) is 5.21. The van der Waals surface area contributed by atoms with E-state index in [1.165, 1.54) is 20.8 Å². The van der Waals surface area contributed by atoms with Crippen molar-refractivity contribution in [3.8, 4) is 0 Å². The molecule has 1 aliphatic rings. The van der Waals surface area contributed by atoms with E-state index in [4.69, 9.17) is 9.47 Å². The Morgan fingerprint density at radius 2 is 1.68 bits per heavy atom. The third kappa shape index (κ3) is 6.67. The Morgan fingerprint density at radius 3 is 2.20 bits per heavy atom. The van der Waals surface area contributed by atoms with Crippen LogP contribution in [0.25, 0.3) is 0 Å². The number of nitrogens with one attached hydrogen (secondary N) is 1. The Morgan fingerprint density at radius 1 is 1.04 bits per heavy atom. The second-order valence-electron chi connectivity index (χ2n) is 7.36. The lowest BCUT2D eigenvalue weighted by Gasteiger charge is -2.49. The van der Waals surface area contributed by atoms with Gasteiger partial charge in [0.05, 0.1) is 6.61 Å². The van der Waals surface area contributed by atoms with E-state index in [0.29, 0.717) is 6.42 Å². The fourth-order valence-corrected chi connectivity index (χ4v) is 3.99. The second kappa shape index (κ2) is 9.78. The highest BCUT2D eigenvalue weighted by Crippen LogP contribution is 2.42. The Labute approximate surface area is 151 Å². The van der Waals surface area contributed by atoms with Crippen LogP contribution in [0.4, 0.5) is 0 Å². The van der Waals surface area contributed by atoms with Crippen LogP contribution in [0.5, 0.6) is 0 Å². The van der Waals surface area contributed by atoms with Gasteiger partial charge in [-0.3, -0.25) is 14.4 Å². The lowest BCUT2D eigenvalue weighted by molar-refractivity contribution is -0.157. The summed E-state index contributed by atoms with van der Waals surface area (Å²) in [7, 11) is 0. The third-order valence-electron chi connectivity index (χ3n) is 5.21. The Balaban J connectivity index is 3.02. The fraction of sp³-hybridized carbons (Fsp3) is 0.842. The fourth-order valence-electron chi connectivity index (χ4n) is 3.99. The Bertz CT molecular complexity index is 478. The number of rotatable bonds is 8. The number of ether oxygens (including phenoxy) is 2. The topological polar surface area (TPSA) is 81.7 Å². The minimum absolute atomic E-state index is 0.0926. The first-order valence-corrected chi connectivity index (χ1v) is 9.28. The number of carbonyl (C=O) groups excluding carboxylic acids is 3. The largest absolute Gasteiger partial charge is 0.465 e. The van der Waals surface area contributed by atoms with Crippen LogP contribution in [0.1, 0.15) is 73.1 Å². The molecule has 144 valence electrons. The zero-order chi connectivity index (χ0) is 19.0. The maximum atomic E-state index is 11.8. The molecule has 1 rings (SSSR count). The molecule has 6 nitrogen and oxygen atoms in total. The molecule has 0 bridgehead atoms. The summed E-state index contributed by atoms with van der Waals surface area (Å²) in [6.07, 6.45) is 5.34. The molecule has 0 aromatic rings. The van der Waals surface area contributed by atoms with Crippen molar-refractivity contribution in [1.82, 2.24) is 5.32 Å². The molecule has 0 spiro atoms. The molecule has 1 fully saturated rings. The number of hydrogen-bond acceptors (Lipinski definition) is 5. The lowest BCUT2D eigenvalue weighted by atomic mass is 9.64. The Kier molecular flexibility index (Phi) is 8.39. The van der Waals surface area contributed by atoms with Crippen LogP contribution in [0.3, 0.4) is 0 Å². The minimum Gasteiger partial charge on any atom is -0.465 e. The summed E-state index contributed by atoms with van der Waals surface area (Å²) in [6.45, 7) is 8.70. The number of hydrogen-bond donors (Lipinski definition) is 1. The molecule has 0 heterocycles. The summed E-state index contributed by atoms with van der Waals surface area (Å²) >= 11 is 0. The van der Waals surface area contributed by atoms with Crippen LogP contribution in [-0.2, 0) is 23.9 Å². The predicted octanol–water partition coefficient (Wildman–Crippen LogP) is 2.98. The smallest absolute Gasteiger partial charge is 0.302 e. The zero-order valence-electron chi connectivity index (χ0n) is 16.2. The molecular formula is C19H33NO5. The van der Waals surface area contributed by atoms with E-state index >= 15 is 0 Å². The molecule has 6 heteroatoms. The van der Waals surface area contributed by atoms with Gasteiger partial charge >= 0.3 is 11.9 Å². The first-order valence-electron chi connectivity index (χ1n) is 9.28. The highest BCUT2D eigenvalue weighted by atomic mass is 16.5. The zero-order valence-corrected chi connectivity index (χ0v) is 16.2. The molecule has 25 heavy (non-hydrogen) atoms. The molecule has 0 radical (unpaired) electrons. The van der Waals surface area contributed by atoms with Gasteiger partial charge in [0, 0.05) is 32.2 Å². The molecule has 0 aromatic heterocycles. The molecule has 1 N–H and O–H groups in total. The van der Waals surface area contributed by atoms with Gasteiger partial charge in [-0.15, -0.1) is 0 Å². The van der Waals surface area contributed by atoms with E-state index in [0.717, 1.165) is 32.1 Å². The van der Waals surface area contributed by atoms with Gasteiger partial charge in [0.1, 0.15) is 6.10 Å². The quantitative estimate of drug-likeness (QED) is 0.535. The maximum Gasteiger partial charge on any atom is 0.302 e. The minimum atomic E-state index is -0.480. The van der Waals surface area contributed by atoms with Crippen LogP contribution in [0.2, 0.25) is 0 Å². The SMILES string of the molecule is CCCCC[C@H]1C[C@@H](OC(C)=O)C[C@@H](COC(C)=O)[C@@]1(C)NC(C)=O. The highest BCUT2D eigenvalue weighted by molar-refractivity contribution is 5.74. The van der Waals surface area contributed by atoms with Crippen LogP contribution in [0, 0.1) is 11.8 Å². The van der Waals surface area contributed by atoms with Gasteiger partial charge < -0.3 is 14.8 Å². The van der Waals surface area contributed by atoms with Gasteiger partial charge in [-0.1, -0.05) is 26.2 Å². The van der Waals surface area contributed by atoms with Crippen LogP contribution >= 0.6 is 0 Å². The first kappa shape index (κ1) is 21.5. The van der Waals surface area contributed by atoms with Gasteiger partial charge in [-0.05, 0) is 32.1 Å². The average Bonchev–Trinajstić information content (AvgIpc) is 2.47. The van der Waals surface area contributed by atoms with Crippen molar-refractivity contribution in [2.45, 2.75) is 84.8 Å².